The molecule has 0 aliphatic heterocycles. The largest absolute Gasteiger partial charge is 0.396 e. The van der Waals surface area contributed by atoms with Gasteiger partial charge in [-0.1, -0.05) is 52.8 Å². The minimum absolute atomic E-state index is 0.139. The number of aromatic nitrogens is 2. The van der Waals surface area contributed by atoms with Crippen LogP contribution in [0.5, 0.6) is 0 Å². The van der Waals surface area contributed by atoms with Crippen LogP contribution < -0.4 is 11.1 Å². The van der Waals surface area contributed by atoms with E-state index in [1.54, 1.807) is 12.2 Å². The minimum Gasteiger partial charge on any atom is -0.396 e. The Morgan fingerprint density at radius 1 is 1.23 bits per heavy atom. The number of aliphatic hydroxyl groups excluding tert-OH is 1. The number of nitrogens with two attached hydrogens (primary N) is 1. The van der Waals surface area contributed by atoms with Crippen LogP contribution in [0, 0.1) is 0 Å². The van der Waals surface area contributed by atoms with Crippen molar-refractivity contribution in [1.29, 1.82) is 0 Å². The molecule has 0 saturated heterocycles. The van der Waals surface area contributed by atoms with E-state index in [4.69, 9.17) is 10.8 Å². The molecule has 0 saturated carbocycles. The number of nitrogens with one attached hydrogen (secondary N) is 1. The number of hydrogen-bond acceptors (Lipinski definition) is 5. The van der Waals surface area contributed by atoms with Crippen molar-refractivity contribution < 1.29 is 5.11 Å². The van der Waals surface area contributed by atoms with Crippen molar-refractivity contribution in [3.63, 3.8) is 0 Å². The fourth-order valence-corrected chi connectivity index (χ4v) is 2.06. The van der Waals surface area contributed by atoms with Crippen LogP contribution in [-0.2, 0) is 0 Å². The summed E-state index contributed by atoms with van der Waals surface area (Å²) in [6.45, 7) is 13.8. The molecular formula is C17H30N4O. The second-order valence-electron chi connectivity index (χ2n) is 4.63. The number of hydrogen-bond donors (Lipinski definition) is 3. The Bertz CT molecular complexity index is 460. The first kappa shape index (κ1) is 20.1. The van der Waals surface area contributed by atoms with E-state index in [9.17, 15) is 0 Å². The summed E-state index contributed by atoms with van der Waals surface area (Å²) in [5, 5.41) is 12.5. The van der Waals surface area contributed by atoms with Crippen molar-refractivity contribution in [2.24, 2.45) is 0 Å². The number of unbranched alkanes of at least 4 members (excludes halogenated alkanes) is 1. The molecule has 1 unspecified atom stereocenters. The van der Waals surface area contributed by atoms with E-state index in [1.165, 1.54) is 0 Å². The third-order valence-electron chi connectivity index (χ3n) is 3.11. The van der Waals surface area contributed by atoms with Gasteiger partial charge in [-0.3, -0.25) is 0 Å². The highest BCUT2D eigenvalue weighted by atomic mass is 16.3. The number of aliphatic hydroxyl groups is 1. The summed E-state index contributed by atoms with van der Waals surface area (Å²) in [4.78, 5) is 8.36. The van der Waals surface area contributed by atoms with Crippen molar-refractivity contribution in [2.45, 2.75) is 52.5 Å². The van der Waals surface area contributed by atoms with E-state index in [0.29, 0.717) is 17.9 Å². The summed E-state index contributed by atoms with van der Waals surface area (Å²) >= 11 is 0. The zero-order valence-corrected chi connectivity index (χ0v) is 14.1. The molecule has 0 amide bonds. The van der Waals surface area contributed by atoms with Crippen LogP contribution in [-0.4, -0.2) is 27.7 Å². The first-order valence-corrected chi connectivity index (χ1v) is 7.96. The SMILES string of the molecule is C=Cc1nc(N)nc(NC(CCO)CCCC)c1C=C.CC. The molecule has 1 atom stereocenters. The van der Waals surface area contributed by atoms with Crippen LogP contribution in [0.3, 0.4) is 0 Å². The maximum atomic E-state index is 9.16. The topological polar surface area (TPSA) is 84.1 Å². The molecule has 1 aromatic heterocycles. The van der Waals surface area contributed by atoms with Gasteiger partial charge in [-0.05, 0) is 18.9 Å². The monoisotopic (exact) mass is 306 g/mol. The van der Waals surface area contributed by atoms with E-state index in [-0.39, 0.29) is 18.6 Å². The Morgan fingerprint density at radius 2 is 1.91 bits per heavy atom. The van der Waals surface area contributed by atoms with Gasteiger partial charge in [0.05, 0.1) is 5.69 Å². The summed E-state index contributed by atoms with van der Waals surface area (Å²) < 4.78 is 0. The highest BCUT2D eigenvalue weighted by Gasteiger charge is 2.13. The van der Waals surface area contributed by atoms with E-state index in [0.717, 1.165) is 24.8 Å². The number of nitrogens with zero attached hydrogens (tertiary/aromatic N) is 2. The second-order valence-corrected chi connectivity index (χ2v) is 4.63. The summed E-state index contributed by atoms with van der Waals surface area (Å²) in [6.07, 6.45) is 7.17. The number of anilines is 2. The normalized spacial score (nSPS) is 11.1. The molecule has 22 heavy (non-hydrogen) atoms. The zero-order valence-electron chi connectivity index (χ0n) is 14.1. The number of nitrogen functional groups attached to an aromatic ring is 1. The Hall–Kier alpha value is -1.88. The predicted octanol–water partition coefficient (Wildman–Crippen LogP) is 3.72. The van der Waals surface area contributed by atoms with Crippen LogP contribution >= 0.6 is 0 Å². The lowest BCUT2D eigenvalue weighted by molar-refractivity contribution is 0.276. The maximum Gasteiger partial charge on any atom is 0.222 e. The maximum absolute atomic E-state index is 9.16. The van der Waals surface area contributed by atoms with Gasteiger partial charge in [-0.2, -0.15) is 4.98 Å². The van der Waals surface area contributed by atoms with E-state index >= 15 is 0 Å². The molecule has 0 aliphatic carbocycles. The van der Waals surface area contributed by atoms with Gasteiger partial charge in [0.15, 0.2) is 0 Å². The average molecular weight is 306 g/mol. The predicted molar refractivity (Wildman–Crippen MR) is 96.6 cm³/mol. The molecular weight excluding hydrogens is 276 g/mol. The van der Waals surface area contributed by atoms with Gasteiger partial charge in [0.1, 0.15) is 5.82 Å². The van der Waals surface area contributed by atoms with Crippen LogP contribution in [0.1, 0.15) is 57.7 Å². The van der Waals surface area contributed by atoms with Crippen molar-refractivity contribution >= 4 is 23.9 Å². The molecule has 1 heterocycles. The molecule has 4 N–H and O–H groups in total. The Labute approximate surface area is 134 Å². The highest BCUT2D eigenvalue weighted by molar-refractivity contribution is 5.71. The van der Waals surface area contributed by atoms with Gasteiger partial charge in [0.2, 0.25) is 5.95 Å². The van der Waals surface area contributed by atoms with Gasteiger partial charge < -0.3 is 16.2 Å². The third-order valence-corrected chi connectivity index (χ3v) is 3.11. The molecule has 0 aliphatic rings. The van der Waals surface area contributed by atoms with E-state index in [2.05, 4.69) is 35.4 Å². The Balaban J connectivity index is 0.00000211. The van der Waals surface area contributed by atoms with Crippen LogP contribution in [0.4, 0.5) is 11.8 Å². The fourth-order valence-electron chi connectivity index (χ4n) is 2.06. The first-order chi connectivity index (χ1) is 10.7. The van der Waals surface area contributed by atoms with E-state index < -0.39 is 0 Å². The van der Waals surface area contributed by atoms with Gasteiger partial charge >= 0.3 is 0 Å². The minimum atomic E-state index is 0.139. The molecule has 0 spiro atoms. The number of rotatable bonds is 9. The lowest BCUT2D eigenvalue weighted by Crippen LogP contribution is -2.23. The molecule has 124 valence electrons. The van der Waals surface area contributed by atoms with Gasteiger partial charge in [0.25, 0.3) is 0 Å². The lowest BCUT2D eigenvalue weighted by Gasteiger charge is -2.20. The Kier molecular flexibility index (Phi) is 10.7. The van der Waals surface area contributed by atoms with Crippen LogP contribution in [0.15, 0.2) is 13.2 Å². The van der Waals surface area contributed by atoms with Gasteiger partial charge in [0, 0.05) is 18.2 Å². The van der Waals surface area contributed by atoms with Crippen LogP contribution in [0.25, 0.3) is 12.2 Å². The lowest BCUT2D eigenvalue weighted by atomic mass is 10.1. The molecule has 0 radical (unpaired) electrons. The molecule has 5 nitrogen and oxygen atoms in total. The van der Waals surface area contributed by atoms with Gasteiger partial charge in [-0.15, -0.1) is 0 Å². The molecule has 0 aromatic carbocycles. The van der Waals surface area contributed by atoms with Crippen molar-refractivity contribution in [3.05, 3.63) is 24.4 Å². The summed E-state index contributed by atoms with van der Waals surface area (Å²) in [5.41, 5.74) is 7.16. The summed E-state index contributed by atoms with van der Waals surface area (Å²) in [5.74, 6) is 0.850. The first-order valence-electron chi connectivity index (χ1n) is 7.96. The average Bonchev–Trinajstić information content (AvgIpc) is 2.54. The summed E-state index contributed by atoms with van der Waals surface area (Å²) in [7, 11) is 0. The third kappa shape index (κ3) is 6.26. The van der Waals surface area contributed by atoms with Crippen molar-refractivity contribution in [3.8, 4) is 0 Å². The van der Waals surface area contributed by atoms with E-state index in [1.807, 2.05) is 13.8 Å². The molecule has 0 fully saturated rings. The second kappa shape index (κ2) is 11.7. The molecule has 1 rings (SSSR count). The smallest absolute Gasteiger partial charge is 0.222 e. The van der Waals surface area contributed by atoms with Crippen molar-refractivity contribution in [2.75, 3.05) is 17.7 Å². The fraction of sp³-hybridized carbons (Fsp3) is 0.529. The van der Waals surface area contributed by atoms with Crippen LogP contribution in [0.2, 0.25) is 0 Å². The molecule has 5 heteroatoms. The standard InChI is InChI=1S/C15H24N4O.C2H6/c1-4-7-8-11(9-10-20)17-14-12(5-2)13(6-3)18-15(16)19-14;1-2/h5-6,11,20H,2-4,7-10H2,1H3,(H3,16,17,18,19);1-2H3. The Morgan fingerprint density at radius 3 is 2.41 bits per heavy atom. The zero-order chi connectivity index (χ0) is 17.0. The van der Waals surface area contributed by atoms with Crippen molar-refractivity contribution in [1.82, 2.24) is 9.97 Å². The van der Waals surface area contributed by atoms with Gasteiger partial charge in [-0.25, -0.2) is 4.98 Å². The summed E-state index contributed by atoms with van der Waals surface area (Å²) in [6, 6.07) is 0.158. The quantitative estimate of drug-likeness (QED) is 0.647. The highest BCUT2D eigenvalue weighted by Crippen LogP contribution is 2.22. The molecule has 1 aromatic rings. The molecule has 0 bridgehead atoms.